The predicted octanol–water partition coefficient (Wildman–Crippen LogP) is 2.74. The summed E-state index contributed by atoms with van der Waals surface area (Å²) in [5, 5.41) is 7.21. The second-order valence-corrected chi connectivity index (χ2v) is 8.22. The molecular formula is C18H29N3OS. The Morgan fingerprint density at radius 3 is 2.70 bits per heavy atom. The molecule has 1 saturated carbocycles. The van der Waals surface area contributed by atoms with Crippen LogP contribution >= 0.6 is 0 Å². The molecule has 0 radical (unpaired) electrons. The van der Waals surface area contributed by atoms with E-state index in [9.17, 15) is 4.21 Å². The van der Waals surface area contributed by atoms with Gasteiger partial charge in [0.15, 0.2) is 5.96 Å². The summed E-state index contributed by atoms with van der Waals surface area (Å²) in [5.41, 5.74) is 2.51. The molecule has 0 saturated heterocycles. The number of hydrogen-bond donors (Lipinski definition) is 2. The topological polar surface area (TPSA) is 53.5 Å². The first-order valence-corrected chi connectivity index (χ1v) is 9.90. The molecule has 3 atom stereocenters. The van der Waals surface area contributed by atoms with Gasteiger partial charge in [0, 0.05) is 41.4 Å². The average molecular weight is 336 g/mol. The summed E-state index contributed by atoms with van der Waals surface area (Å²) in [6.07, 6.45) is 4.34. The van der Waals surface area contributed by atoms with Crippen LogP contribution in [0.1, 0.15) is 43.7 Å². The first-order valence-electron chi connectivity index (χ1n) is 8.52. The minimum absolute atomic E-state index is 0.335. The van der Waals surface area contributed by atoms with Gasteiger partial charge >= 0.3 is 0 Å². The fraction of sp³-hybridized carbons (Fsp3) is 0.611. The van der Waals surface area contributed by atoms with Gasteiger partial charge in [-0.25, -0.2) is 0 Å². The van der Waals surface area contributed by atoms with Gasteiger partial charge in [-0.15, -0.1) is 0 Å². The largest absolute Gasteiger partial charge is 0.354 e. The minimum Gasteiger partial charge on any atom is -0.354 e. The van der Waals surface area contributed by atoms with Crippen LogP contribution in [-0.2, 0) is 17.3 Å². The van der Waals surface area contributed by atoms with Crippen LogP contribution in [0, 0.1) is 6.92 Å². The SMILES string of the molecule is CCS(=O)C1CCCC(NC(=NC)NCc2ccc(C)cc2)C1. The van der Waals surface area contributed by atoms with Gasteiger partial charge in [-0.2, -0.15) is 0 Å². The third kappa shape index (κ3) is 5.65. The Bertz CT molecular complexity index is 542. The normalized spacial score (nSPS) is 23.3. The van der Waals surface area contributed by atoms with Crippen LogP contribution in [0.15, 0.2) is 29.3 Å². The van der Waals surface area contributed by atoms with Gasteiger partial charge in [-0.1, -0.05) is 43.2 Å². The van der Waals surface area contributed by atoms with Crippen molar-refractivity contribution in [2.45, 2.75) is 57.4 Å². The summed E-state index contributed by atoms with van der Waals surface area (Å²) < 4.78 is 12.0. The smallest absolute Gasteiger partial charge is 0.191 e. The number of nitrogens with zero attached hydrogens (tertiary/aromatic N) is 1. The van der Waals surface area contributed by atoms with Gasteiger partial charge in [0.2, 0.25) is 0 Å². The molecule has 3 unspecified atom stereocenters. The molecule has 0 amide bonds. The van der Waals surface area contributed by atoms with E-state index in [2.05, 4.69) is 46.8 Å². The molecule has 0 aliphatic heterocycles. The number of aliphatic imine (C=N–C) groups is 1. The highest BCUT2D eigenvalue weighted by Gasteiger charge is 2.25. The second kappa shape index (κ2) is 9.06. The molecule has 1 aliphatic rings. The zero-order valence-corrected chi connectivity index (χ0v) is 15.3. The Balaban J connectivity index is 1.84. The minimum atomic E-state index is -0.687. The third-order valence-electron chi connectivity index (χ3n) is 4.43. The number of aryl methyl sites for hydroxylation is 1. The molecule has 0 spiro atoms. The summed E-state index contributed by atoms with van der Waals surface area (Å²) >= 11 is 0. The van der Waals surface area contributed by atoms with E-state index in [1.165, 1.54) is 11.1 Å². The summed E-state index contributed by atoms with van der Waals surface area (Å²) in [6.45, 7) is 4.86. The Morgan fingerprint density at radius 1 is 1.30 bits per heavy atom. The van der Waals surface area contributed by atoms with Gasteiger partial charge in [0.25, 0.3) is 0 Å². The molecule has 5 heteroatoms. The van der Waals surface area contributed by atoms with Crippen molar-refractivity contribution in [3.05, 3.63) is 35.4 Å². The van der Waals surface area contributed by atoms with Crippen molar-refractivity contribution in [3.63, 3.8) is 0 Å². The summed E-state index contributed by atoms with van der Waals surface area (Å²) in [5.74, 6) is 1.59. The van der Waals surface area contributed by atoms with Crippen LogP contribution in [0.4, 0.5) is 0 Å². The van der Waals surface area contributed by atoms with Gasteiger partial charge in [0.1, 0.15) is 0 Å². The van der Waals surface area contributed by atoms with Crippen LogP contribution in [0.3, 0.4) is 0 Å². The zero-order chi connectivity index (χ0) is 16.7. The molecule has 1 aliphatic carbocycles. The number of rotatable bonds is 5. The third-order valence-corrected chi connectivity index (χ3v) is 6.17. The van der Waals surface area contributed by atoms with Gasteiger partial charge in [-0.05, 0) is 31.7 Å². The Morgan fingerprint density at radius 2 is 2.04 bits per heavy atom. The van der Waals surface area contributed by atoms with Crippen LogP contribution < -0.4 is 10.6 Å². The van der Waals surface area contributed by atoms with Gasteiger partial charge < -0.3 is 10.6 Å². The quantitative estimate of drug-likeness (QED) is 0.643. The number of nitrogens with one attached hydrogen (secondary N) is 2. The first-order chi connectivity index (χ1) is 11.1. The van der Waals surface area contributed by atoms with Gasteiger partial charge in [-0.3, -0.25) is 9.20 Å². The van der Waals surface area contributed by atoms with E-state index in [1.807, 2.05) is 6.92 Å². The molecule has 1 aromatic rings. The second-order valence-electron chi connectivity index (χ2n) is 6.21. The maximum absolute atomic E-state index is 12.0. The molecule has 23 heavy (non-hydrogen) atoms. The van der Waals surface area contributed by atoms with E-state index in [0.29, 0.717) is 11.3 Å². The van der Waals surface area contributed by atoms with E-state index < -0.39 is 10.8 Å². The molecule has 1 aromatic carbocycles. The summed E-state index contributed by atoms with van der Waals surface area (Å²) in [4.78, 5) is 4.32. The number of benzene rings is 1. The summed E-state index contributed by atoms with van der Waals surface area (Å²) in [7, 11) is 1.11. The monoisotopic (exact) mass is 335 g/mol. The highest BCUT2D eigenvalue weighted by Crippen LogP contribution is 2.22. The van der Waals surface area contributed by atoms with Crippen molar-refractivity contribution in [1.29, 1.82) is 0 Å². The maximum atomic E-state index is 12.0. The standard InChI is InChI=1S/C18H29N3OS/c1-4-23(22)17-7-5-6-16(12-17)21-18(19-3)20-13-15-10-8-14(2)9-11-15/h8-11,16-17H,4-7,12-13H2,1-3H3,(H2,19,20,21). The van der Waals surface area contributed by atoms with Crippen molar-refractivity contribution in [1.82, 2.24) is 10.6 Å². The van der Waals surface area contributed by atoms with Crippen molar-refractivity contribution < 1.29 is 4.21 Å². The maximum Gasteiger partial charge on any atom is 0.191 e. The zero-order valence-electron chi connectivity index (χ0n) is 14.5. The lowest BCUT2D eigenvalue weighted by atomic mass is 9.95. The summed E-state index contributed by atoms with van der Waals surface area (Å²) in [6, 6.07) is 8.89. The van der Waals surface area contributed by atoms with Crippen LogP contribution in [0.25, 0.3) is 0 Å². The molecule has 1 fully saturated rings. The van der Waals surface area contributed by atoms with Crippen molar-refractivity contribution in [2.24, 2.45) is 4.99 Å². The van der Waals surface area contributed by atoms with E-state index in [0.717, 1.165) is 43.9 Å². The number of guanidine groups is 1. The van der Waals surface area contributed by atoms with Crippen molar-refractivity contribution in [2.75, 3.05) is 12.8 Å². The molecule has 0 heterocycles. The van der Waals surface area contributed by atoms with Crippen molar-refractivity contribution >= 4 is 16.8 Å². The van der Waals surface area contributed by atoms with Crippen LogP contribution in [-0.4, -0.2) is 34.3 Å². The van der Waals surface area contributed by atoms with E-state index >= 15 is 0 Å². The lowest BCUT2D eigenvalue weighted by molar-refractivity contribution is 0.413. The lowest BCUT2D eigenvalue weighted by Crippen LogP contribution is -2.46. The molecule has 2 rings (SSSR count). The fourth-order valence-corrected chi connectivity index (χ4v) is 4.38. The van der Waals surface area contributed by atoms with E-state index in [1.54, 1.807) is 7.05 Å². The highest BCUT2D eigenvalue weighted by atomic mass is 32.2. The van der Waals surface area contributed by atoms with Gasteiger partial charge in [0.05, 0.1) is 0 Å². The predicted molar refractivity (Wildman–Crippen MR) is 99.2 cm³/mol. The van der Waals surface area contributed by atoms with E-state index in [-0.39, 0.29) is 0 Å². The molecule has 0 aromatic heterocycles. The lowest BCUT2D eigenvalue weighted by Gasteiger charge is -2.30. The average Bonchev–Trinajstić information content (AvgIpc) is 2.59. The fourth-order valence-electron chi connectivity index (χ4n) is 3.03. The highest BCUT2D eigenvalue weighted by molar-refractivity contribution is 7.85. The van der Waals surface area contributed by atoms with Crippen LogP contribution in [0.5, 0.6) is 0 Å². The Kier molecular flexibility index (Phi) is 7.09. The Labute approximate surface area is 142 Å². The molecule has 2 N–H and O–H groups in total. The van der Waals surface area contributed by atoms with E-state index in [4.69, 9.17) is 0 Å². The number of hydrogen-bond acceptors (Lipinski definition) is 2. The molecule has 128 valence electrons. The van der Waals surface area contributed by atoms with Crippen LogP contribution in [0.2, 0.25) is 0 Å². The Hall–Kier alpha value is -1.36. The molecular weight excluding hydrogens is 306 g/mol. The first kappa shape index (κ1) is 18.0. The molecule has 4 nitrogen and oxygen atoms in total. The van der Waals surface area contributed by atoms with Crippen molar-refractivity contribution in [3.8, 4) is 0 Å². The molecule has 0 bridgehead atoms.